The predicted octanol–water partition coefficient (Wildman–Crippen LogP) is 3.72. The van der Waals surface area contributed by atoms with E-state index in [1.807, 2.05) is 24.3 Å². The first-order valence-electron chi connectivity index (χ1n) is 7.30. The van der Waals surface area contributed by atoms with E-state index in [4.69, 9.17) is 9.47 Å². The fraction of sp³-hybridized carbons (Fsp3) is 0.625. The summed E-state index contributed by atoms with van der Waals surface area (Å²) in [7, 11) is 2.20. The van der Waals surface area contributed by atoms with Gasteiger partial charge in [0.1, 0.15) is 12.4 Å². The summed E-state index contributed by atoms with van der Waals surface area (Å²) in [6, 6.07) is 8.28. The Balaban J connectivity index is 1.96. The largest absolute Gasteiger partial charge is 0.492 e. The van der Waals surface area contributed by atoms with Crippen molar-refractivity contribution in [3.63, 3.8) is 0 Å². The van der Waals surface area contributed by atoms with E-state index < -0.39 is 0 Å². The van der Waals surface area contributed by atoms with Gasteiger partial charge >= 0.3 is 0 Å². The molecule has 0 radical (unpaired) electrons. The Bertz CT molecular complexity index is 417. The molecule has 0 aliphatic carbocycles. The lowest BCUT2D eigenvalue weighted by Gasteiger charge is -2.48. The van der Waals surface area contributed by atoms with Crippen LogP contribution in [0.3, 0.4) is 0 Å². The molecule has 0 bridgehead atoms. The highest BCUT2D eigenvalue weighted by Crippen LogP contribution is 2.29. The Kier molecular flexibility index (Phi) is 5.47. The van der Waals surface area contributed by atoms with Crippen LogP contribution in [0.4, 0.5) is 0 Å². The first-order chi connectivity index (χ1) is 9.61. The second-order valence-corrected chi connectivity index (χ2v) is 6.39. The van der Waals surface area contributed by atoms with Gasteiger partial charge < -0.3 is 9.47 Å². The Morgan fingerprint density at radius 3 is 2.55 bits per heavy atom. The molecule has 2 rings (SSSR count). The van der Waals surface area contributed by atoms with Crippen molar-refractivity contribution in [3.05, 3.63) is 28.7 Å². The van der Waals surface area contributed by atoms with Crippen LogP contribution in [-0.2, 0) is 4.74 Å². The van der Waals surface area contributed by atoms with Crippen molar-refractivity contribution in [1.29, 1.82) is 0 Å². The third kappa shape index (κ3) is 3.35. The van der Waals surface area contributed by atoms with Gasteiger partial charge in [0.05, 0.1) is 19.3 Å². The fourth-order valence-corrected chi connectivity index (χ4v) is 3.09. The van der Waals surface area contributed by atoms with Crippen LogP contribution in [0.15, 0.2) is 28.7 Å². The summed E-state index contributed by atoms with van der Waals surface area (Å²) in [5, 5.41) is 0. The second-order valence-electron chi connectivity index (χ2n) is 5.48. The predicted molar refractivity (Wildman–Crippen MR) is 85.3 cm³/mol. The zero-order valence-electron chi connectivity index (χ0n) is 12.6. The summed E-state index contributed by atoms with van der Waals surface area (Å²) in [5.74, 6) is 0.908. The molecule has 1 atom stereocenters. The number of hydrogen-bond donors (Lipinski definition) is 0. The molecule has 112 valence electrons. The van der Waals surface area contributed by atoms with E-state index in [2.05, 4.69) is 41.7 Å². The van der Waals surface area contributed by atoms with Gasteiger partial charge in [0.2, 0.25) is 0 Å². The van der Waals surface area contributed by atoms with Crippen molar-refractivity contribution in [1.82, 2.24) is 4.90 Å². The molecule has 1 fully saturated rings. The molecular weight excluding hydrogens is 318 g/mol. The average Bonchev–Trinajstić information content (AvgIpc) is 2.48. The van der Waals surface area contributed by atoms with E-state index >= 15 is 0 Å². The number of halogens is 1. The van der Waals surface area contributed by atoms with Crippen molar-refractivity contribution in [2.45, 2.75) is 38.3 Å². The quantitative estimate of drug-likeness (QED) is 0.814. The molecule has 0 aromatic heterocycles. The van der Waals surface area contributed by atoms with Gasteiger partial charge in [-0.1, -0.05) is 29.8 Å². The lowest BCUT2D eigenvalue weighted by Crippen LogP contribution is -2.60. The molecule has 1 saturated heterocycles. The molecule has 0 spiro atoms. The number of likely N-dealkylation sites (N-methyl/N-ethyl adjacent to an activating group) is 1. The van der Waals surface area contributed by atoms with Crippen LogP contribution in [0.1, 0.15) is 26.7 Å². The monoisotopic (exact) mass is 341 g/mol. The third-order valence-electron chi connectivity index (χ3n) is 4.55. The van der Waals surface area contributed by atoms with E-state index in [0.717, 1.165) is 36.3 Å². The minimum absolute atomic E-state index is 0.159. The Labute approximate surface area is 130 Å². The van der Waals surface area contributed by atoms with Crippen molar-refractivity contribution in [2.24, 2.45) is 0 Å². The van der Waals surface area contributed by atoms with E-state index in [1.165, 1.54) is 0 Å². The van der Waals surface area contributed by atoms with Crippen LogP contribution in [0.25, 0.3) is 0 Å². The number of nitrogens with zero attached hydrogens (tertiary/aromatic N) is 1. The van der Waals surface area contributed by atoms with Gasteiger partial charge in [-0.25, -0.2) is 0 Å². The lowest BCUT2D eigenvalue weighted by molar-refractivity contribution is -0.105. The van der Waals surface area contributed by atoms with Gasteiger partial charge in [0.15, 0.2) is 0 Å². The van der Waals surface area contributed by atoms with Crippen molar-refractivity contribution in [2.75, 3.05) is 26.9 Å². The smallest absolute Gasteiger partial charge is 0.119 e. The highest BCUT2D eigenvalue weighted by molar-refractivity contribution is 9.10. The molecule has 1 aromatic carbocycles. The number of rotatable bonds is 5. The third-order valence-corrected chi connectivity index (χ3v) is 5.08. The second kappa shape index (κ2) is 6.92. The standard InChI is InChI=1S/C16H24BrNO2/c1-4-16(5-2)12-19-10-14(18(16)3)11-20-15-8-6-13(17)7-9-15/h6-9,14H,4-5,10-12H2,1-3H3. The SMILES string of the molecule is CCC1(CC)COCC(COc2ccc(Br)cc2)N1C. The van der Waals surface area contributed by atoms with E-state index in [-0.39, 0.29) is 5.54 Å². The van der Waals surface area contributed by atoms with Crippen LogP contribution in [0, 0.1) is 0 Å². The summed E-state index contributed by atoms with van der Waals surface area (Å²) in [4.78, 5) is 2.45. The summed E-state index contributed by atoms with van der Waals surface area (Å²) in [6.07, 6.45) is 2.21. The molecule has 3 nitrogen and oxygen atoms in total. The molecule has 1 aliphatic rings. The van der Waals surface area contributed by atoms with Crippen LogP contribution in [0.2, 0.25) is 0 Å². The Morgan fingerprint density at radius 1 is 1.30 bits per heavy atom. The minimum atomic E-state index is 0.159. The van der Waals surface area contributed by atoms with Gasteiger partial charge in [-0.2, -0.15) is 0 Å². The van der Waals surface area contributed by atoms with E-state index in [1.54, 1.807) is 0 Å². The van der Waals surface area contributed by atoms with Crippen LogP contribution in [0.5, 0.6) is 5.75 Å². The van der Waals surface area contributed by atoms with Crippen LogP contribution < -0.4 is 4.74 Å². The summed E-state index contributed by atoms with van der Waals surface area (Å²) >= 11 is 3.43. The number of benzene rings is 1. The first-order valence-corrected chi connectivity index (χ1v) is 8.09. The zero-order chi connectivity index (χ0) is 14.6. The highest BCUT2D eigenvalue weighted by atomic mass is 79.9. The molecule has 0 amide bonds. The van der Waals surface area contributed by atoms with E-state index in [9.17, 15) is 0 Å². The Hall–Kier alpha value is -0.580. The number of ether oxygens (including phenoxy) is 2. The molecule has 1 aliphatic heterocycles. The molecular formula is C16H24BrNO2. The molecule has 1 heterocycles. The maximum atomic E-state index is 5.91. The summed E-state index contributed by atoms with van der Waals surface area (Å²) < 4.78 is 12.8. The van der Waals surface area contributed by atoms with Gasteiger partial charge in [-0.05, 0) is 44.2 Å². The van der Waals surface area contributed by atoms with Gasteiger partial charge in [-0.15, -0.1) is 0 Å². The molecule has 4 heteroatoms. The Morgan fingerprint density at radius 2 is 1.95 bits per heavy atom. The fourth-order valence-electron chi connectivity index (χ4n) is 2.82. The normalized spacial score (nSPS) is 22.7. The molecule has 1 aromatic rings. The topological polar surface area (TPSA) is 21.7 Å². The van der Waals surface area contributed by atoms with Crippen LogP contribution >= 0.6 is 15.9 Å². The van der Waals surface area contributed by atoms with E-state index in [0.29, 0.717) is 12.6 Å². The van der Waals surface area contributed by atoms with Crippen molar-refractivity contribution < 1.29 is 9.47 Å². The van der Waals surface area contributed by atoms with Gasteiger partial charge in [0, 0.05) is 10.0 Å². The van der Waals surface area contributed by atoms with Gasteiger partial charge in [0.25, 0.3) is 0 Å². The summed E-state index contributed by atoms with van der Waals surface area (Å²) in [6.45, 7) is 6.71. The molecule has 1 unspecified atom stereocenters. The van der Waals surface area contributed by atoms with Crippen molar-refractivity contribution in [3.8, 4) is 5.75 Å². The average molecular weight is 342 g/mol. The highest BCUT2D eigenvalue weighted by Gasteiger charge is 2.39. The first kappa shape index (κ1) is 15.8. The van der Waals surface area contributed by atoms with Crippen LogP contribution in [-0.4, -0.2) is 43.3 Å². The van der Waals surface area contributed by atoms with Gasteiger partial charge in [-0.3, -0.25) is 4.90 Å². The van der Waals surface area contributed by atoms with Crippen molar-refractivity contribution >= 4 is 15.9 Å². The molecule has 0 N–H and O–H groups in total. The summed E-state index contributed by atoms with van der Waals surface area (Å²) in [5.41, 5.74) is 0.159. The number of morpholine rings is 1. The lowest BCUT2D eigenvalue weighted by atomic mass is 9.89. The maximum Gasteiger partial charge on any atom is 0.119 e. The zero-order valence-corrected chi connectivity index (χ0v) is 14.1. The minimum Gasteiger partial charge on any atom is -0.492 e. The maximum absolute atomic E-state index is 5.91. The molecule has 0 saturated carbocycles. The molecule has 20 heavy (non-hydrogen) atoms. The number of hydrogen-bond acceptors (Lipinski definition) is 3.